The van der Waals surface area contributed by atoms with Crippen LogP contribution in [0.15, 0.2) is 42.5 Å². The molecule has 3 heterocycles. The van der Waals surface area contributed by atoms with E-state index in [2.05, 4.69) is 10.3 Å². The van der Waals surface area contributed by atoms with Crippen molar-refractivity contribution in [3.63, 3.8) is 0 Å². The van der Waals surface area contributed by atoms with Crippen molar-refractivity contribution in [2.45, 2.75) is 18.8 Å². The lowest BCUT2D eigenvalue weighted by Crippen LogP contribution is -2.22. The molecular weight excluding hydrogens is 348 g/mol. The molecule has 1 unspecified atom stereocenters. The standard InChI is InChI=1S/C20H18N2O3S/c23-20-15(19-22-16-3-1-2-4-18(16)26-19)9-12-5-6-13(10-17(12)25-20)24-14-7-8-21-11-14/h1-6,9-10,14,20-21,23H,7-8,11H2/t14-,20?/m0/s1. The monoisotopic (exact) mass is 366 g/mol. The zero-order chi connectivity index (χ0) is 17.5. The van der Waals surface area contributed by atoms with Gasteiger partial charge in [-0.1, -0.05) is 12.1 Å². The van der Waals surface area contributed by atoms with Crippen LogP contribution < -0.4 is 14.8 Å². The van der Waals surface area contributed by atoms with Gasteiger partial charge in [-0.3, -0.25) is 0 Å². The molecule has 6 heteroatoms. The first kappa shape index (κ1) is 15.8. The molecule has 1 fully saturated rings. The maximum Gasteiger partial charge on any atom is 0.227 e. The SMILES string of the molecule is OC1Oc2cc(O[C@H]3CCNC3)ccc2C=C1c1nc2ccccc2s1. The molecule has 0 bridgehead atoms. The Morgan fingerprint density at radius 3 is 3.00 bits per heavy atom. The second kappa shape index (κ2) is 6.39. The zero-order valence-electron chi connectivity index (χ0n) is 14.0. The molecule has 5 nitrogen and oxygen atoms in total. The van der Waals surface area contributed by atoms with Crippen LogP contribution in [0.3, 0.4) is 0 Å². The Bertz CT molecular complexity index is 959. The number of hydrogen-bond acceptors (Lipinski definition) is 6. The Kier molecular flexibility index (Phi) is 3.89. The first-order valence-corrected chi connectivity index (χ1v) is 9.51. The van der Waals surface area contributed by atoms with Crippen molar-refractivity contribution in [2.75, 3.05) is 13.1 Å². The number of thiazole rings is 1. The van der Waals surface area contributed by atoms with Crippen LogP contribution >= 0.6 is 11.3 Å². The Labute approximate surface area is 154 Å². The smallest absolute Gasteiger partial charge is 0.227 e. The predicted octanol–water partition coefficient (Wildman–Crippen LogP) is 3.29. The minimum Gasteiger partial charge on any atom is -0.489 e. The molecule has 2 atom stereocenters. The van der Waals surface area contributed by atoms with E-state index in [1.54, 1.807) is 11.3 Å². The van der Waals surface area contributed by atoms with Gasteiger partial charge in [-0.05, 0) is 43.3 Å². The number of hydrogen-bond donors (Lipinski definition) is 2. The lowest BCUT2D eigenvalue weighted by molar-refractivity contribution is 0.0317. The summed E-state index contributed by atoms with van der Waals surface area (Å²) in [6, 6.07) is 13.7. The Morgan fingerprint density at radius 1 is 1.23 bits per heavy atom. The summed E-state index contributed by atoms with van der Waals surface area (Å²) in [6.07, 6.45) is 2.10. The van der Waals surface area contributed by atoms with Crippen molar-refractivity contribution in [3.8, 4) is 11.5 Å². The molecule has 2 aromatic carbocycles. The van der Waals surface area contributed by atoms with Crippen LogP contribution in [0.2, 0.25) is 0 Å². The van der Waals surface area contributed by atoms with Gasteiger partial charge < -0.3 is 19.9 Å². The summed E-state index contributed by atoms with van der Waals surface area (Å²) in [5, 5.41) is 14.6. The van der Waals surface area contributed by atoms with Gasteiger partial charge in [0.15, 0.2) is 0 Å². The van der Waals surface area contributed by atoms with Crippen LogP contribution in [0, 0.1) is 0 Å². The van der Waals surface area contributed by atoms with Crippen molar-refractivity contribution in [1.29, 1.82) is 0 Å². The van der Waals surface area contributed by atoms with Gasteiger partial charge >= 0.3 is 0 Å². The number of aromatic nitrogens is 1. The zero-order valence-corrected chi connectivity index (χ0v) is 14.8. The van der Waals surface area contributed by atoms with Gasteiger partial charge in [0.25, 0.3) is 0 Å². The molecule has 2 N–H and O–H groups in total. The molecule has 5 rings (SSSR count). The lowest BCUT2D eigenvalue weighted by atomic mass is 10.1. The van der Waals surface area contributed by atoms with Crippen LogP contribution in [0.5, 0.6) is 11.5 Å². The summed E-state index contributed by atoms with van der Waals surface area (Å²) >= 11 is 1.56. The fourth-order valence-corrected chi connectivity index (χ4v) is 4.31. The van der Waals surface area contributed by atoms with Gasteiger partial charge in [-0.15, -0.1) is 11.3 Å². The molecule has 2 aliphatic heterocycles. The Morgan fingerprint density at radius 2 is 2.15 bits per heavy atom. The largest absolute Gasteiger partial charge is 0.489 e. The number of para-hydroxylation sites is 1. The lowest BCUT2D eigenvalue weighted by Gasteiger charge is -2.23. The summed E-state index contributed by atoms with van der Waals surface area (Å²) in [4.78, 5) is 4.62. The summed E-state index contributed by atoms with van der Waals surface area (Å²) in [7, 11) is 0. The fourth-order valence-electron chi connectivity index (χ4n) is 3.32. The molecular formula is C20H18N2O3S. The highest BCUT2D eigenvalue weighted by Crippen LogP contribution is 2.38. The molecule has 0 spiro atoms. The van der Waals surface area contributed by atoms with Crippen LogP contribution in [-0.2, 0) is 0 Å². The highest BCUT2D eigenvalue weighted by molar-refractivity contribution is 7.19. The minimum absolute atomic E-state index is 0.190. The number of aliphatic hydroxyl groups is 1. The topological polar surface area (TPSA) is 63.6 Å². The van der Waals surface area contributed by atoms with Crippen LogP contribution in [0.4, 0.5) is 0 Å². The first-order chi connectivity index (χ1) is 12.8. The summed E-state index contributed by atoms with van der Waals surface area (Å²) in [5.74, 6) is 1.40. The van der Waals surface area contributed by atoms with Gasteiger partial charge in [0.2, 0.25) is 6.29 Å². The number of aliphatic hydroxyl groups excluding tert-OH is 1. The quantitative estimate of drug-likeness (QED) is 0.745. The van der Waals surface area contributed by atoms with Crippen LogP contribution in [0.1, 0.15) is 17.0 Å². The number of fused-ring (bicyclic) bond motifs is 2. The summed E-state index contributed by atoms with van der Waals surface area (Å²) in [6.45, 7) is 1.85. The molecule has 2 aliphatic rings. The van der Waals surface area contributed by atoms with Gasteiger partial charge in [0.1, 0.15) is 22.6 Å². The van der Waals surface area contributed by atoms with E-state index in [4.69, 9.17) is 9.47 Å². The normalized spacial score (nSPS) is 22.0. The van der Waals surface area contributed by atoms with Crippen LogP contribution in [-0.4, -0.2) is 35.6 Å². The molecule has 26 heavy (non-hydrogen) atoms. The maximum absolute atomic E-state index is 10.5. The molecule has 0 radical (unpaired) electrons. The van der Waals surface area contributed by atoms with E-state index in [-0.39, 0.29) is 6.10 Å². The fraction of sp³-hybridized carbons (Fsp3) is 0.250. The highest BCUT2D eigenvalue weighted by atomic mass is 32.1. The maximum atomic E-state index is 10.5. The average molecular weight is 366 g/mol. The Balaban J connectivity index is 1.47. The minimum atomic E-state index is -1.04. The first-order valence-electron chi connectivity index (χ1n) is 8.70. The van der Waals surface area contributed by atoms with Gasteiger partial charge in [-0.2, -0.15) is 0 Å². The van der Waals surface area contributed by atoms with E-state index >= 15 is 0 Å². The predicted molar refractivity (Wildman–Crippen MR) is 102 cm³/mol. The number of benzene rings is 2. The second-order valence-corrected chi connectivity index (χ2v) is 7.52. The third kappa shape index (κ3) is 2.86. The van der Waals surface area contributed by atoms with Crippen molar-refractivity contribution in [1.82, 2.24) is 10.3 Å². The number of nitrogens with one attached hydrogen (secondary N) is 1. The molecule has 132 valence electrons. The number of rotatable bonds is 3. The molecule has 0 aliphatic carbocycles. The molecule has 1 saturated heterocycles. The number of nitrogens with zero attached hydrogens (tertiary/aromatic N) is 1. The van der Waals surface area contributed by atoms with E-state index in [1.165, 1.54) is 0 Å². The molecule has 3 aromatic rings. The van der Waals surface area contributed by atoms with Crippen molar-refractivity contribution in [3.05, 3.63) is 53.0 Å². The Hall–Kier alpha value is -2.41. The number of ether oxygens (including phenoxy) is 2. The van der Waals surface area contributed by atoms with Crippen LogP contribution in [0.25, 0.3) is 21.9 Å². The second-order valence-electron chi connectivity index (χ2n) is 6.49. The average Bonchev–Trinajstić information content (AvgIpc) is 3.30. The van der Waals surface area contributed by atoms with E-state index in [0.29, 0.717) is 11.3 Å². The van der Waals surface area contributed by atoms with E-state index in [1.807, 2.05) is 48.5 Å². The summed E-state index contributed by atoms with van der Waals surface area (Å²) in [5.41, 5.74) is 2.54. The molecule has 1 aromatic heterocycles. The van der Waals surface area contributed by atoms with E-state index in [9.17, 15) is 5.11 Å². The molecule has 0 saturated carbocycles. The summed E-state index contributed by atoms with van der Waals surface area (Å²) < 4.78 is 12.8. The van der Waals surface area contributed by atoms with E-state index < -0.39 is 6.29 Å². The highest BCUT2D eigenvalue weighted by Gasteiger charge is 2.25. The van der Waals surface area contributed by atoms with Crippen molar-refractivity contribution < 1.29 is 14.6 Å². The van der Waals surface area contributed by atoms with E-state index in [0.717, 1.165) is 46.0 Å². The van der Waals surface area contributed by atoms with Crippen molar-refractivity contribution in [2.24, 2.45) is 0 Å². The molecule has 0 amide bonds. The van der Waals surface area contributed by atoms with Gasteiger partial charge in [0, 0.05) is 18.2 Å². The van der Waals surface area contributed by atoms with Gasteiger partial charge in [0.05, 0.1) is 15.8 Å². The third-order valence-corrected chi connectivity index (χ3v) is 5.74. The van der Waals surface area contributed by atoms with Gasteiger partial charge in [-0.25, -0.2) is 4.98 Å². The third-order valence-electron chi connectivity index (χ3n) is 4.66. The van der Waals surface area contributed by atoms with Crippen molar-refractivity contribution >= 4 is 33.2 Å².